The molecule has 15 heavy (non-hydrogen) atoms. The number of nitrogens with zero attached hydrogens (tertiary/aromatic N) is 2. The van der Waals surface area contributed by atoms with Crippen molar-refractivity contribution in [3.63, 3.8) is 0 Å². The molecule has 0 bridgehead atoms. The monoisotopic (exact) mass is 222 g/mol. The molecule has 0 amide bonds. The van der Waals surface area contributed by atoms with E-state index in [1.807, 2.05) is 17.0 Å². The first-order valence-corrected chi connectivity index (χ1v) is 5.15. The fourth-order valence-corrected chi connectivity index (χ4v) is 1.94. The van der Waals surface area contributed by atoms with E-state index in [4.69, 9.17) is 16.9 Å². The van der Waals surface area contributed by atoms with E-state index in [1.54, 1.807) is 12.1 Å². The molecule has 0 radical (unpaired) electrons. The van der Waals surface area contributed by atoms with Crippen LogP contribution < -0.4 is 0 Å². The van der Waals surface area contributed by atoms with Gasteiger partial charge in [0.25, 0.3) is 0 Å². The van der Waals surface area contributed by atoms with E-state index in [9.17, 15) is 5.11 Å². The first-order chi connectivity index (χ1) is 7.20. The van der Waals surface area contributed by atoms with Crippen LogP contribution in [-0.2, 0) is 0 Å². The average molecular weight is 223 g/mol. The van der Waals surface area contributed by atoms with Crippen LogP contribution in [0.15, 0.2) is 24.3 Å². The van der Waals surface area contributed by atoms with Crippen LogP contribution in [-0.4, -0.2) is 29.2 Å². The fourth-order valence-electron chi connectivity index (χ4n) is 1.74. The molecule has 1 fully saturated rings. The molecule has 1 aromatic carbocycles. The van der Waals surface area contributed by atoms with Gasteiger partial charge in [-0.3, -0.25) is 4.90 Å². The number of hydrogen-bond donors (Lipinski definition) is 1. The van der Waals surface area contributed by atoms with Gasteiger partial charge in [-0.1, -0.05) is 23.7 Å². The van der Waals surface area contributed by atoms with Crippen molar-refractivity contribution in [3.05, 3.63) is 34.9 Å². The molecule has 78 valence electrons. The van der Waals surface area contributed by atoms with Crippen molar-refractivity contribution in [2.75, 3.05) is 13.1 Å². The Morgan fingerprint density at radius 1 is 1.53 bits per heavy atom. The van der Waals surface area contributed by atoms with Gasteiger partial charge >= 0.3 is 0 Å². The lowest BCUT2D eigenvalue weighted by Gasteiger charge is -2.39. The smallest absolute Gasteiger partial charge is 0.124 e. The highest BCUT2D eigenvalue weighted by atomic mass is 35.5. The van der Waals surface area contributed by atoms with Gasteiger partial charge in [0.15, 0.2) is 0 Å². The minimum absolute atomic E-state index is 0.292. The van der Waals surface area contributed by atoms with Crippen molar-refractivity contribution in [2.45, 2.75) is 12.1 Å². The summed E-state index contributed by atoms with van der Waals surface area (Å²) in [4.78, 5) is 1.93. The molecule has 0 spiro atoms. The molecule has 0 unspecified atom stereocenters. The molecule has 4 heteroatoms. The van der Waals surface area contributed by atoms with Crippen LogP contribution in [0.4, 0.5) is 0 Å². The Labute approximate surface area is 93.5 Å². The molecule has 0 aliphatic carbocycles. The van der Waals surface area contributed by atoms with E-state index in [1.165, 1.54) is 0 Å². The Kier molecular flexibility index (Phi) is 2.92. The average Bonchev–Trinajstić information content (AvgIpc) is 2.16. The number of likely N-dealkylation sites (tertiary alicyclic amines) is 1. The number of nitriles is 1. The topological polar surface area (TPSA) is 47.3 Å². The Hall–Kier alpha value is -1.08. The van der Waals surface area contributed by atoms with Gasteiger partial charge in [-0.15, -0.1) is 0 Å². The molecule has 1 aromatic rings. The van der Waals surface area contributed by atoms with Crippen molar-refractivity contribution >= 4 is 11.6 Å². The van der Waals surface area contributed by atoms with Crippen molar-refractivity contribution < 1.29 is 5.11 Å². The summed E-state index contributed by atoms with van der Waals surface area (Å²) in [6, 6.07) is 9.21. The number of β-amino-alcohol motifs (C(OH)–C–C–N with tert-alkyl or cyclic N) is 1. The SMILES string of the molecule is N#C[C@@H](c1cccc(Cl)c1)N1CC(O)C1. The molecule has 2 rings (SSSR count). The van der Waals surface area contributed by atoms with Crippen molar-refractivity contribution in [2.24, 2.45) is 0 Å². The number of rotatable bonds is 2. The van der Waals surface area contributed by atoms with Gasteiger partial charge in [-0.2, -0.15) is 5.26 Å². The summed E-state index contributed by atoms with van der Waals surface area (Å²) in [7, 11) is 0. The van der Waals surface area contributed by atoms with Gasteiger partial charge in [-0.05, 0) is 17.7 Å². The summed E-state index contributed by atoms with van der Waals surface area (Å²) in [5, 5.41) is 18.9. The predicted molar refractivity (Wildman–Crippen MR) is 57.4 cm³/mol. The molecule has 3 nitrogen and oxygen atoms in total. The maximum absolute atomic E-state index is 9.19. The van der Waals surface area contributed by atoms with Crippen LogP contribution in [0.1, 0.15) is 11.6 Å². The molecular weight excluding hydrogens is 212 g/mol. The Morgan fingerprint density at radius 3 is 2.80 bits per heavy atom. The molecule has 1 N–H and O–H groups in total. The molecule has 1 aliphatic rings. The number of hydrogen-bond acceptors (Lipinski definition) is 3. The zero-order chi connectivity index (χ0) is 10.8. The van der Waals surface area contributed by atoms with Gasteiger partial charge in [0.05, 0.1) is 12.2 Å². The molecule has 1 heterocycles. The van der Waals surface area contributed by atoms with Gasteiger partial charge in [-0.25, -0.2) is 0 Å². The highest BCUT2D eigenvalue weighted by molar-refractivity contribution is 6.30. The van der Waals surface area contributed by atoms with Crippen LogP contribution in [0.2, 0.25) is 5.02 Å². The second kappa shape index (κ2) is 4.19. The van der Waals surface area contributed by atoms with Crippen LogP contribution in [0.5, 0.6) is 0 Å². The summed E-state index contributed by atoms with van der Waals surface area (Å²) < 4.78 is 0. The first-order valence-electron chi connectivity index (χ1n) is 4.78. The predicted octanol–water partition coefficient (Wildman–Crippen LogP) is 1.58. The molecule has 1 aliphatic heterocycles. The highest BCUT2D eigenvalue weighted by Gasteiger charge is 2.31. The van der Waals surface area contributed by atoms with E-state index in [-0.39, 0.29) is 12.1 Å². The zero-order valence-electron chi connectivity index (χ0n) is 8.10. The van der Waals surface area contributed by atoms with Gasteiger partial charge in [0.2, 0.25) is 0 Å². The maximum Gasteiger partial charge on any atom is 0.124 e. The summed E-state index contributed by atoms with van der Waals surface area (Å²) >= 11 is 5.86. The maximum atomic E-state index is 9.19. The van der Waals surface area contributed by atoms with Gasteiger partial charge in [0.1, 0.15) is 6.04 Å². The third-order valence-electron chi connectivity index (χ3n) is 2.54. The Balaban J connectivity index is 2.17. The minimum Gasteiger partial charge on any atom is -0.390 e. The van der Waals surface area contributed by atoms with Gasteiger partial charge < -0.3 is 5.11 Å². The summed E-state index contributed by atoms with van der Waals surface area (Å²) in [6.45, 7) is 1.12. The molecule has 1 saturated heterocycles. The molecule has 0 aromatic heterocycles. The normalized spacial score (nSPS) is 19.3. The third kappa shape index (κ3) is 2.13. The van der Waals surface area contributed by atoms with Gasteiger partial charge in [0, 0.05) is 18.1 Å². The van der Waals surface area contributed by atoms with Crippen LogP contribution in [0, 0.1) is 11.3 Å². The van der Waals surface area contributed by atoms with Crippen LogP contribution >= 0.6 is 11.6 Å². The summed E-state index contributed by atoms with van der Waals surface area (Å²) in [6.07, 6.45) is -0.292. The van der Waals surface area contributed by atoms with Crippen molar-refractivity contribution in [1.82, 2.24) is 4.90 Å². The number of aliphatic hydroxyl groups is 1. The van der Waals surface area contributed by atoms with E-state index in [0.29, 0.717) is 18.1 Å². The van der Waals surface area contributed by atoms with E-state index >= 15 is 0 Å². The summed E-state index contributed by atoms with van der Waals surface area (Å²) in [5.41, 5.74) is 0.886. The standard InChI is InChI=1S/C11H11ClN2O/c12-9-3-1-2-8(4-9)11(5-13)14-6-10(15)7-14/h1-4,10-11,15H,6-7H2/t11-/m0/s1. The van der Waals surface area contributed by atoms with Crippen LogP contribution in [0.25, 0.3) is 0 Å². The molecule has 1 atom stereocenters. The minimum atomic E-state index is -0.299. The van der Waals surface area contributed by atoms with E-state index < -0.39 is 0 Å². The lowest BCUT2D eigenvalue weighted by atomic mass is 10.0. The van der Waals surface area contributed by atoms with E-state index in [2.05, 4.69) is 6.07 Å². The zero-order valence-corrected chi connectivity index (χ0v) is 8.85. The second-order valence-electron chi connectivity index (χ2n) is 3.69. The first kappa shape index (κ1) is 10.4. The third-order valence-corrected chi connectivity index (χ3v) is 2.78. The lowest BCUT2D eigenvalue weighted by Crippen LogP contribution is -2.51. The lowest BCUT2D eigenvalue weighted by molar-refractivity contribution is -0.0127. The fraction of sp³-hybridized carbons (Fsp3) is 0.364. The Bertz CT molecular complexity index is 396. The molecular formula is C11H11ClN2O. The number of halogens is 1. The largest absolute Gasteiger partial charge is 0.390 e. The van der Waals surface area contributed by atoms with Crippen LogP contribution in [0.3, 0.4) is 0 Å². The number of aliphatic hydroxyl groups excluding tert-OH is 1. The summed E-state index contributed by atoms with van der Waals surface area (Å²) in [5.74, 6) is 0. The Morgan fingerprint density at radius 2 is 2.27 bits per heavy atom. The second-order valence-corrected chi connectivity index (χ2v) is 4.13. The van der Waals surface area contributed by atoms with Crippen molar-refractivity contribution in [3.8, 4) is 6.07 Å². The molecule has 0 saturated carbocycles. The van der Waals surface area contributed by atoms with Crippen molar-refractivity contribution in [1.29, 1.82) is 5.26 Å². The number of benzene rings is 1. The highest BCUT2D eigenvalue weighted by Crippen LogP contribution is 2.26. The quantitative estimate of drug-likeness (QED) is 0.827. The van der Waals surface area contributed by atoms with E-state index in [0.717, 1.165) is 5.56 Å².